The smallest absolute Gasteiger partial charge is 0.225 e. The third-order valence-corrected chi connectivity index (χ3v) is 6.08. The van der Waals surface area contributed by atoms with Crippen molar-refractivity contribution in [2.45, 2.75) is 45.2 Å². The van der Waals surface area contributed by atoms with Gasteiger partial charge in [0.05, 0.1) is 18.5 Å². The number of carbonyl (C=O) groups excluding carboxylic acids is 2. The van der Waals surface area contributed by atoms with Gasteiger partial charge in [0.25, 0.3) is 0 Å². The van der Waals surface area contributed by atoms with Gasteiger partial charge in [-0.25, -0.2) is 0 Å². The highest BCUT2D eigenvalue weighted by atomic mass is 35.5. The fourth-order valence-corrected chi connectivity index (χ4v) is 4.67. The van der Waals surface area contributed by atoms with Crippen LogP contribution in [0.25, 0.3) is 0 Å². The molecule has 0 unspecified atom stereocenters. The lowest BCUT2D eigenvalue weighted by molar-refractivity contribution is -0.135. The van der Waals surface area contributed by atoms with Gasteiger partial charge in [-0.15, -0.1) is 11.3 Å². The number of carbonyl (C=O) groups is 2. The standard InChI is InChI=1S/C20H23ClN2O2S/c1-3-18-16-9-11-26-19(16)8-10-23(18)20(25)12-17(22-13(2)24)14-4-6-15(21)7-5-14/h4-7,9,11,17-18H,3,8,10,12H2,1-2H3,(H,22,24)/t17-,18-/m1/s1. The molecule has 0 saturated heterocycles. The van der Waals surface area contributed by atoms with Crippen LogP contribution in [0.3, 0.4) is 0 Å². The van der Waals surface area contributed by atoms with E-state index in [2.05, 4.69) is 23.7 Å². The van der Waals surface area contributed by atoms with Crippen molar-refractivity contribution < 1.29 is 9.59 Å². The van der Waals surface area contributed by atoms with E-state index >= 15 is 0 Å². The highest BCUT2D eigenvalue weighted by molar-refractivity contribution is 7.10. The van der Waals surface area contributed by atoms with Gasteiger partial charge in [-0.05, 0) is 47.5 Å². The van der Waals surface area contributed by atoms with Crippen molar-refractivity contribution in [1.82, 2.24) is 10.2 Å². The molecule has 0 bridgehead atoms. The molecule has 0 spiro atoms. The second kappa shape index (κ2) is 8.23. The zero-order valence-corrected chi connectivity index (χ0v) is 16.6. The van der Waals surface area contributed by atoms with Crippen LogP contribution in [0.1, 0.15) is 54.8 Å². The second-order valence-electron chi connectivity index (χ2n) is 6.57. The van der Waals surface area contributed by atoms with Gasteiger partial charge in [0.2, 0.25) is 11.8 Å². The van der Waals surface area contributed by atoms with Gasteiger partial charge in [0.15, 0.2) is 0 Å². The maximum absolute atomic E-state index is 13.1. The molecule has 0 aliphatic carbocycles. The molecule has 1 aromatic carbocycles. The molecule has 1 aromatic heterocycles. The Morgan fingerprint density at radius 1 is 1.31 bits per heavy atom. The fourth-order valence-electron chi connectivity index (χ4n) is 3.62. The molecule has 0 fully saturated rings. The van der Waals surface area contributed by atoms with E-state index in [0.717, 1.165) is 24.9 Å². The number of thiophene rings is 1. The molecule has 0 saturated carbocycles. The molecule has 1 N–H and O–H groups in total. The largest absolute Gasteiger partial charge is 0.349 e. The van der Waals surface area contributed by atoms with E-state index in [1.54, 1.807) is 23.5 Å². The van der Waals surface area contributed by atoms with Crippen LogP contribution < -0.4 is 5.32 Å². The highest BCUT2D eigenvalue weighted by Crippen LogP contribution is 2.36. The Labute approximate surface area is 163 Å². The van der Waals surface area contributed by atoms with Crippen molar-refractivity contribution in [3.63, 3.8) is 0 Å². The molecule has 1 aliphatic heterocycles. The highest BCUT2D eigenvalue weighted by Gasteiger charge is 2.31. The van der Waals surface area contributed by atoms with Gasteiger partial charge in [0.1, 0.15) is 0 Å². The summed E-state index contributed by atoms with van der Waals surface area (Å²) in [5, 5.41) is 5.64. The maximum Gasteiger partial charge on any atom is 0.225 e. The second-order valence-corrected chi connectivity index (χ2v) is 8.01. The normalized spacial score (nSPS) is 17.5. The summed E-state index contributed by atoms with van der Waals surface area (Å²) in [6.07, 6.45) is 2.04. The van der Waals surface area contributed by atoms with Gasteiger partial charge < -0.3 is 10.2 Å². The number of amides is 2. The molecular weight excluding hydrogens is 368 g/mol. The van der Waals surface area contributed by atoms with Gasteiger partial charge in [-0.1, -0.05) is 30.7 Å². The van der Waals surface area contributed by atoms with Crippen molar-refractivity contribution in [3.8, 4) is 0 Å². The number of hydrogen-bond donors (Lipinski definition) is 1. The number of nitrogens with zero attached hydrogens (tertiary/aromatic N) is 1. The van der Waals surface area contributed by atoms with E-state index in [1.165, 1.54) is 17.4 Å². The minimum Gasteiger partial charge on any atom is -0.349 e. The van der Waals surface area contributed by atoms with E-state index in [9.17, 15) is 9.59 Å². The minimum atomic E-state index is -0.348. The molecule has 2 atom stereocenters. The maximum atomic E-state index is 13.1. The topological polar surface area (TPSA) is 49.4 Å². The van der Waals surface area contributed by atoms with E-state index in [-0.39, 0.29) is 30.3 Å². The van der Waals surface area contributed by atoms with E-state index in [1.807, 2.05) is 17.0 Å². The third kappa shape index (κ3) is 4.10. The Bertz CT molecular complexity index is 787. The number of benzene rings is 1. The molecule has 0 radical (unpaired) electrons. The minimum absolute atomic E-state index is 0.0717. The van der Waals surface area contributed by atoms with Crippen LogP contribution in [0.5, 0.6) is 0 Å². The molecule has 26 heavy (non-hydrogen) atoms. The summed E-state index contributed by atoms with van der Waals surface area (Å²) < 4.78 is 0. The average Bonchev–Trinajstić information content (AvgIpc) is 3.09. The zero-order chi connectivity index (χ0) is 18.7. The van der Waals surface area contributed by atoms with Crippen molar-refractivity contribution in [2.24, 2.45) is 0 Å². The Hall–Kier alpha value is -1.85. The van der Waals surface area contributed by atoms with Gasteiger partial charge >= 0.3 is 0 Å². The van der Waals surface area contributed by atoms with Crippen molar-refractivity contribution in [3.05, 3.63) is 56.7 Å². The molecular formula is C20H23ClN2O2S. The van der Waals surface area contributed by atoms with Crippen LogP contribution in [0.4, 0.5) is 0 Å². The van der Waals surface area contributed by atoms with E-state index < -0.39 is 0 Å². The molecule has 1 aliphatic rings. The van der Waals surface area contributed by atoms with E-state index in [4.69, 9.17) is 11.6 Å². The first-order chi connectivity index (χ1) is 12.5. The van der Waals surface area contributed by atoms with Crippen LogP contribution in [-0.4, -0.2) is 23.3 Å². The average molecular weight is 391 g/mol. The molecule has 2 aromatic rings. The SMILES string of the molecule is CC[C@@H]1c2ccsc2CCN1C(=O)C[C@@H](NC(C)=O)c1ccc(Cl)cc1. The number of hydrogen-bond acceptors (Lipinski definition) is 3. The van der Waals surface area contributed by atoms with Gasteiger partial charge in [-0.3, -0.25) is 9.59 Å². The molecule has 138 valence electrons. The van der Waals surface area contributed by atoms with Crippen LogP contribution in [0.2, 0.25) is 5.02 Å². The van der Waals surface area contributed by atoms with Crippen LogP contribution >= 0.6 is 22.9 Å². The first kappa shape index (κ1) is 18.9. The number of fused-ring (bicyclic) bond motifs is 1. The van der Waals surface area contributed by atoms with Crippen LogP contribution in [0, 0.1) is 0 Å². The lowest BCUT2D eigenvalue weighted by atomic mass is 9.96. The van der Waals surface area contributed by atoms with Crippen LogP contribution in [0.15, 0.2) is 35.7 Å². The molecule has 3 rings (SSSR count). The summed E-state index contributed by atoms with van der Waals surface area (Å²) in [7, 11) is 0. The fraction of sp³-hybridized carbons (Fsp3) is 0.400. The van der Waals surface area contributed by atoms with Crippen molar-refractivity contribution >= 4 is 34.8 Å². The Morgan fingerprint density at radius 3 is 2.69 bits per heavy atom. The summed E-state index contributed by atoms with van der Waals surface area (Å²) in [5.74, 6) is -0.0778. The molecule has 2 amide bonds. The van der Waals surface area contributed by atoms with Gasteiger partial charge in [0, 0.05) is 23.4 Å². The quantitative estimate of drug-likeness (QED) is 0.816. The number of rotatable bonds is 5. The third-order valence-electron chi connectivity index (χ3n) is 4.83. The number of halogens is 1. The molecule has 6 heteroatoms. The summed E-state index contributed by atoms with van der Waals surface area (Å²) >= 11 is 7.73. The monoisotopic (exact) mass is 390 g/mol. The number of nitrogens with one attached hydrogen (secondary N) is 1. The summed E-state index contributed by atoms with van der Waals surface area (Å²) in [5.41, 5.74) is 2.17. The Kier molecular flexibility index (Phi) is 5.99. The predicted octanol–water partition coefficient (Wildman–Crippen LogP) is 4.50. The van der Waals surface area contributed by atoms with Crippen molar-refractivity contribution in [2.75, 3.05) is 6.54 Å². The van der Waals surface area contributed by atoms with E-state index in [0.29, 0.717) is 5.02 Å². The predicted molar refractivity (Wildman–Crippen MR) is 105 cm³/mol. The zero-order valence-electron chi connectivity index (χ0n) is 15.0. The van der Waals surface area contributed by atoms with Crippen LogP contribution in [-0.2, 0) is 16.0 Å². The first-order valence-electron chi connectivity index (χ1n) is 8.88. The van der Waals surface area contributed by atoms with Gasteiger partial charge in [-0.2, -0.15) is 0 Å². The Morgan fingerprint density at radius 2 is 2.04 bits per heavy atom. The van der Waals surface area contributed by atoms with Crippen molar-refractivity contribution in [1.29, 1.82) is 0 Å². The Balaban J connectivity index is 1.79. The lowest BCUT2D eigenvalue weighted by Gasteiger charge is -2.36. The first-order valence-corrected chi connectivity index (χ1v) is 10.1. The molecule has 2 heterocycles. The lowest BCUT2D eigenvalue weighted by Crippen LogP contribution is -2.41. The summed E-state index contributed by atoms with van der Waals surface area (Å²) in [6, 6.07) is 9.20. The molecule has 4 nitrogen and oxygen atoms in total. The summed E-state index contributed by atoms with van der Waals surface area (Å²) in [6.45, 7) is 4.32. The summed E-state index contributed by atoms with van der Waals surface area (Å²) in [4.78, 5) is 28.1.